The summed E-state index contributed by atoms with van der Waals surface area (Å²) < 4.78 is 0. The molecule has 0 aliphatic heterocycles. The fourth-order valence-corrected chi connectivity index (χ4v) is 3.74. The highest BCUT2D eigenvalue weighted by molar-refractivity contribution is 8.00. The lowest BCUT2D eigenvalue weighted by Crippen LogP contribution is -2.22. The highest BCUT2D eigenvalue weighted by atomic mass is 32.2. The van der Waals surface area contributed by atoms with Crippen molar-refractivity contribution in [3.8, 4) is 0 Å². The number of amides is 2. The quantitative estimate of drug-likeness (QED) is 0.452. The third kappa shape index (κ3) is 5.96. The van der Waals surface area contributed by atoms with Gasteiger partial charge in [-0.1, -0.05) is 24.3 Å². The van der Waals surface area contributed by atoms with Crippen LogP contribution in [-0.4, -0.2) is 28.1 Å². The molecule has 0 heterocycles. The predicted octanol–water partition coefficient (Wildman–Crippen LogP) is 5.06. The number of benzene rings is 3. The predicted molar refractivity (Wildman–Crippen MR) is 123 cm³/mol. The number of carbonyl (C=O) groups excluding carboxylic acids is 2. The zero-order valence-corrected chi connectivity index (χ0v) is 17.9. The zero-order chi connectivity index (χ0) is 22.4. The number of hydrogen-bond acceptors (Lipinski definition) is 4. The van der Waals surface area contributed by atoms with E-state index in [1.165, 1.54) is 23.9 Å². The van der Waals surface area contributed by atoms with Crippen molar-refractivity contribution in [2.75, 3.05) is 10.6 Å². The SMILES string of the molecule is Cc1ccccc1C(=O)Nc1ccc(SC(C)C(=O)Nc2cccc(C(=O)O)c2)cc1. The summed E-state index contributed by atoms with van der Waals surface area (Å²) >= 11 is 1.37. The van der Waals surface area contributed by atoms with Crippen molar-refractivity contribution in [2.45, 2.75) is 24.0 Å². The highest BCUT2D eigenvalue weighted by Gasteiger charge is 2.16. The van der Waals surface area contributed by atoms with Gasteiger partial charge in [0, 0.05) is 21.8 Å². The van der Waals surface area contributed by atoms with Crippen LogP contribution in [0.4, 0.5) is 11.4 Å². The summed E-state index contributed by atoms with van der Waals surface area (Å²) in [5.74, 6) is -1.45. The Morgan fingerprint density at radius 2 is 1.58 bits per heavy atom. The molecular formula is C24H22N2O4S. The van der Waals surface area contributed by atoms with E-state index < -0.39 is 11.2 Å². The van der Waals surface area contributed by atoms with Crippen LogP contribution in [0.2, 0.25) is 0 Å². The number of nitrogens with one attached hydrogen (secondary N) is 2. The number of carboxylic acid groups (broad SMARTS) is 1. The van der Waals surface area contributed by atoms with Gasteiger partial charge in [0.1, 0.15) is 0 Å². The molecule has 3 N–H and O–H groups in total. The minimum absolute atomic E-state index is 0.112. The van der Waals surface area contributed by atoms with E-state index in [2.05, 4.69) is 10.6 Å². The number of carbonyl (C=O) groups is 3. The van der Waals surface area contributed by atoms with Gasteiger partial charge < -0.3 is 15.7 Å². The van der Waals surface area contributed by atoms with Crippen LogP contribution in [0.15, 0.2) is 77.7 Å². The number of aryl methyl sites for hydroxylation is 1. The van der Waals surface area contributed by atoms with Gasteiger partial charge in [-0.2, -0.15) is 0 Å². The molecule has 0 saturated carbocycles. The van der Waals surface area contributed by atoms with E-state index in [1.54, 1.807) is 37.3 Å². The zero-order valence-electron chi connectivity index (χ0n) is 17.1. The Morgan fingerprint density at radius 1 is 0.871 bits per heavy atom. The Morgan fingerprint density at radius 3 is 2.26 bits per heavy atom. The largest absolute Gasteiger partial charge is 0.478 e. The van der Waals surface area contributed by atoms with Gasteiger partial charge in [0.05, 0.1) is 10.8 Å². The first-order chi connectivity index (χ1) is 14.8. The van der Waals surface area contributed by atoms with Crippen LogP contribution in [0.1, 0.15) is 33.2 Å². The summed E-state index contributed by atoms with van der Waals surface area (Å²) in [6.07, 6.45) is 0. The maximum atomic E-state index is 12.5. The molecule has 158 valence electrons. The minimum Gasteiger partial charge on any atom is -0.478 e. The van der Waals surface area contributed by atoms with Gasteiger partial charge in [0.25, 0.3) is 5.91 Å². The number of hydrogen-bond donors (Lipinski definition) is 3. The first kappa shape index (κ1) is 22.1. The standard InChI is InChI=1S/C24H22N2O4S/c1-15-6-3-4-9-21(15)23(28)25-18-10-12-20(13-11-18)31-16(2)22(27)26-19-8-5-7-17(14-19)24(29)30/h3-14,16H,1-2H3,(H,25,28)(H,26,27)(H,29,30). The van der Waals surface area contributed by atoms with Crippen molar-refractivity contribution >= 4 is 40.9 Å². The monoisotopic (exact) mass is 434 g/mol. The lowest BCUT2D eigenvalue weighted by atomic mass is 10.1. The van der Waals surface area contributed by atoms with Crippen molar-refractivity contribution in [1.82, 2.24) is 0 Å². The van der Waals surface area contributed by atoms with Crippen molar-refractivity contribution in [3.63, 3.8) is 0 Å². The Balaban J connectivity index is 1.58. The summed E-state index contributed by atoms with van der Waals surface area (Å²) in [5.41, 5.74) is 2.74. The molecule has 7 heteroatoms. The van der Waals surface area contributed by atoms with E-state index in [-0.39, 0.29) is 17.4 Å². The average molecular weight is 435 g/mol. The van der Waals surface area contributed by atoms with Gasteiger partial charge in [-0.05, 0) is 67.9 Å². The van der Waals surface area contributed by atoms with Crippen LogP contribution < -0.4 is 10.6 Å². The van der Waals surface area contributed by atoms with Crippen molar-refractivity contribution in [1.29, 1.82) is 0 Å². The Labute approximate surface area is 184 Å². The van der Waals surface area contributed by atoms with E-state index >= 15 is 0 Å². The molecule has 31 heavy (non-hydrogen) atoms. The molecule has 3 aromatic carbocycles. The maximum Gasteiger partial charge on any atom is 0.335 e. The van der Waals surface area contributed by atoms with Crippen LogP contribution in [0.5, 0.6) is 0 Å². The van der Waals surface area contributed by atoms with Gasteiger partial charge >= 0.3 is 5.97 Å². The topological polar surface area (TPSA) is 95.5 Å². The minimum atomic E-state index is -1.05. The average Bonchev–Trinajstić information content (AvgIpc) is 2.75. The molecule has 0 radical (unpaired) electrons. The second kappa shape index (κ2) is 9.95. The molecule has 0 bridgehead atoms. The van der Waals surface area contributed by atoms with E-state index in [0.717, 1.165) is 10.5 Å². The van der Waals surface area contributed by atoms with Gasteiger partial charge in [-0.25, -0.2) is 4.79 Å². The van der Waals surface area contributed by atoms with Crippen LogP contribution in [0, 0.1) is 6.92 Å². The smallest absolute Gasteiger partial charge is 0.335 e. The molecule has 1 unspecified atom stereocenters. The first-order valence-corrected chi connectivity index (χ1v) is 10.5. The molecule has 1 atom stereocenters. The number of thioether (sulfide) groups is 1. The van der Waals surface area contributed by atoms with Crippen molar-refractivity contribution in [3.05, 3.63) is 89.5 Å². The van der Waals surface area contributed by atoms with Crippen LogP contribution in [-0.2, 0) is 4.79 Å². The molecule has 0 spiro atoms. The normalized spacial score (nSPS) is 11.4. The number of aromatic carboxylic acids is 1. The second-order valence-corrected chi connectivity index (χ2v) is 8.34. The van der Waals surface area contributed by atoms with Crippen molar-refractivity contribution in [2.24, 2.45) is 0 Å². The van der Waals surface area contributed by atoms with Crippen LogP contribution in [0.25, 0.3) is 0 Å². The summed E-state index contributed by atoms with van der Waals surface area (Å²) in [5, 5.41) is 14.3. The third-order valence-corrected chi connectivity index (χ3v) is 5.67. The molecule has 3 rings (SSSR count). The fraction of sp³-hybridized carbons (Fsp3) is 0.125. The third-order valence-electron chi connectivity index (χ3n) is 4.56. The molecule has 0 fully saturated rings. The Kier molecular flexibility index (Phi) is 7.10. The van der Waals surface area contributed by atoms with Crippen LogP contribution in [0.3, 0.4) is 0 Å². The van der Waals surface area contributed by atoms with Gasteiger partial charge in [0.2, 0.25) is 5.91 Å². The van der Waals surface area contributed by atoms with Gasteiger partial charge in [0.15, 0.2) is 0 Å². The van der Waals surface area contributed by atoms with Gasteiger partial charge in [-0.3, -0.25) is 9.59 Å². The van der Waals surface area contributed by atoms with Crippen molar-refractivity contribution < 1.29 is 19.5 Å². The number of rotatable bonds is 7. The molecule has 0 aliphatic carbocycles. The van der Waals surface area contributed by atoms with E-state index in [9.17, 15) is 14.4 Å². The molecule has 0 saturated heterocycles. The summed E-state index contributed by atoms with van der Waals surface area (Å²) in [7, 11) is 0. The molecule has 6 nitrogen and oxygen atoms in total. The second-order valence-electron chi connectivity index (χ2n) is 6.93. The summed E-state index contributed by atoms with van der Waals surface area (Å²) in [4.78, 5) is 36.8. The fourth-order valence-electron chi connectivity index (χ4n) is 2.87. The van der Waals surface area contributed by atoms with E-state index in [4.69, 9.17) is 5.11 Å². The lowest BCUT2D eigenvalue weighted by Gasteiger charge is -2.13. The van der Waals surface area contributed by atoms with E-state index in [0.29, 0.717) is 16.9 Å². The Hall–Kier alpha value is -3.58. The number of carboxylic acids is 1. The molecule has 0 aliphatic rings. The van der Waals surface area contributed by atoms with Gasteiger partial charge in [-0.15, -0.1) is 11.8 Å². The molecule has 2 amide bonds. The number of anilines is 2. The Bertz CT molecular complexity index is 1110. The van der Waals surface area contributed by atoms with E-state index in [1.807, 2.05) is 37.3 Å². The highest BCUT2D eigenvalue weighted by Crippen LogP contribution is 2.26. The molecule has 3 aromatic rings. The molecule has 0 aromatic heterocycles. The maximum absolute atomic E-state index is 12.5. The van der Waals surface area contributed by atoms with Crippen LogP contribution >= 0.6 is 11.8 Å². The summed E-state index contributed by atoms with van der Waals surface area (Å²) in [6, 6.07) is 20.8. The molecular weight excluding hydrogens is 412 g/mol. The summed E-state index contributed by atoms with van der Waals surface area (Å²) in [6.45, 7) is 3.66. The first-order valence-electron chi connectivity index (χ1n) is 9.61. The lowest BCUT2D eigenvalue weighted by molar-refractivity contribution is -0.115.